The maximum absolute atomic E-state index is 13.5. The van der Waals surface area contributed by atoms with E-state index in [0.29, 0.717) is 28.8 Å². The number of ether oxygens (including phenoxy) is 1. The van der Waals surface area contributed by atoms with Gasteiger partial charge in [0, 0.05) is 12.3 Å². The van der Waals surface area contributed by atoms with Gasteiger partial charge in [0.25, 0.3) is 5.91 Å². The molecule has 0 aromatic carbocycles. The Kier molecular flexibility index (Phi) is 3.86. The first-order valence-corrected chi connectivity index (χ1v) is 9.67. The molecule has 4 unspecified atom stereocenters. The summed E-state index contributed by atoms with van der Waals surface area (Å²) in [5.74, 6) is 1.00. The van der Waals surface area contributed by atoms with E-state index in [2.05, 4.69) is 17.1 Å². The second kappa shape index (κ2) is 6.29. The van der Waals surface area contributed by atoms with Crippen molar-refractivity contribution < 1.29 is 18.8 Å². The van der Waals surface area contributed by atoms with Crippen LogP contribution in [0.15, 0.2) is 46.3 Å². The van der Waals surface area contributed by atoms with Gasteiger partial charge in [-0.05, 0) is 44.2 Å². The Hall–Kier alpha value is -2.96. The van der Waals surface area contributed by atoms with Gasteiger partial charge in [0.05, 0.1) is 17.2 Å². The first kappa shape index (κ1) is 17.2. The summed E-state index contributed by atoms with van der Waals surface area (Å²) in [6, 6.07) is 6.50. The van der Waals surface area contributed by atoms with Crippen LogP contribution in [0.5, 0.6) is 0 Å². The number of carbonyl (C=O) groups is 2. The van der Waals surface area contributed by atoms with Gasteiger partial charge in [-0.1, -0.05) is 18.1 Å². The quantitative estimate of drug-likeness (QED) is 0.797. The van der Waals surface area contributed by atoms with Crippen molar-refractivity contribution in [2.75, 3.05) is 4.90 Å². The van der Waals surface area contributed by atoms with Gasteiger partial charge < -0.3 is 9.26 Å². The van der Waals surface area contributed by atoms with Crippen molar-refractivity contribution in [3.63, 3.8) is 0 Å². The fourth-order valence-electron chi connectivity index (χ4n) is 4.60. The van der Waals surface area contributed by atoms with Crippen LogP contribution in [0.4, 0.5) is 5.82 Å². The molecule has 2 aromatic rings. The number of rotatable bonds is 2. The number of ketones is 1. The van der Waals surface area contributed by atoms with Crippen LogP contribution in [0, 0.1) is 18.8 Å². The van der Waals surface area contributed by atoms with Crippen LogP contribution in [-0.4, -0.2) is 27.9 Å². The van der Waals surface area contributed by atoms with Crippen molar-refractivity contribution in [2.24, 2.45) is 11.8 Å². The van der Waals surface area contributed by atoms with Crippen LogP contribution in [0.3, 0.4) is 0 Å². The predicted octanol–water partition coefficient (Wildman–Crippen LogP) is 3.12. The Morgan fingerprint density at radius 3 is 2.79 bits per heavy atom. The van der Waals surface area contributed by atoms with E-state index in [1.807, 2.05) is 12.1 Å². The molecule has 1 amide bonds. The molecule has 2 aromatic heterocycles. The summed E-state index contributed by atoms with van der Waals surface area (Å²) in [5, 5.41) is 4.02. The third-order valence-corrected chi connectivity index (χ3v) is 5.94. The minimum absolute atomic E-state index is 0.00419. The van der Waals surface area contributed by atoms with Crippen LogP contribution >= 0.6 is 0 Å². The number of hydrogen-bond acceptors (Lipinski definition) is 6. The smallest absolute Gasteiger partial charge is 0.296 e. The Labute approximate surface area is 162 Å². The van der Waals surface area contributed by atoms with Gasteiger partial charge in [-0.3, -0.25) is 19.5 Å². The Bertz CT molecular complexity index is 981. The number of nitrogens with zero attached hydrogens (tertiary/aromatic N) is 3. The van der Waals surface area contributed by atoms with Crippen LogP contribution in [0.1, 0.15) is 43.7 Å². The fourth-order valence-corrected chi connectivity index (χ4v) is 4.60. The number of Topliss-reactive ketones (excluding diaryl/α,β-unsaturated/α-hetero) is 1. The molecular formula is C21H21N3O4. The first-order chi connectivity index (χ1) is 13.5. The Morgan fingerprint density at radius 2 is 2.07 bits per heavy atom. The molecule has 4 heterocycles. The number of anilines is 1. The molecule has 28 heavy (non-hydrogen) atoms. The van der Waals surface area contributed by atoms with E-state index in [4.69, 9.17) is 9.26 Å². The molecule has 3 aliphatic rings. The summed E-state index contributed by atoms with van der Waals surface area (Å²) in [4.78, 5) is 32.7. The van der Waals surface area contributed by atoms with E-state index in [0.717, 1.165) is 19.3 Å². The van der Waals surface area contributed by atoms with E-state index in [1.165, 1.54) is 4.90 Å². The maximum Gasteiger partial charge on any atom is 0.296 e. The van der Waals surface area contributed by atoms with Gasteiger partial charge in [0.1, 0.15) is 17.9 Å². The van der Waals surface area contributed by atoms with Gasteiger partial charge in [-0.2, -0.15) is 0 Å². The van der Waals surface area contributed by atoms with Crippen LogP contribution < -0.4 is 4.90 Å². The molecule has 2 aliphatic heterocycles. The number of pyridine rings is 1. The van der Waals surface area contributed by atoms with Crippen molar-refractivity contribution in [3.8, 4) is 0 Å². The van der Waals surface area contributed by atoms with Gasteiger partial charge in [0.2, 0.25) is 0 Å². The highest BCUT2D eigenvalue weighted by atomic mass is 16.5. The van der Waals surface area contributed by atoms with Crippen LogP contribution in [0.2, 0.25) is 0 Å². The Morgan fingerprint density at radius 1 is 1.21 bits per heavy atom. The predicted molar refractivity (Wildman–Crippen MR) is 99.1 cm³/mol. The molecule has 7 nitrogen and oxygen atoms in total. The molecule has 7 heteroatoms. The number of fused-ring (bicyclic) bond motifs is 1. The molecule has 0 bridgehead atoms. The van der Waals surface area contributed by atoms with Crippen LogP contribution in [0.25, 0.3) is 0 Å². The molecule has 0 N–H and O–H groups in total. The highest BCUT2D eigenvalue weighted by Crippen LogP contribution is 2.48. The normalized spacial score (nSPS) is 29.6. The third-order valence-electron chi connectivity index (χ3n) is 5.94. The summed E-state index contributed by atoms with van der Waals surface area (Å²) in [6.45, 7) is 3.92. The Balaban J connectivity index is 1.64. The van der Waals surface area contributed by atoms with Gasteiger partial charge in [-0.25, -0.2) is 0 Å². The summed E-state index contributed by atoms with van der Waals surface area (Å²) in [5.41, 5.74) is 1.01. The molecule has 5 rings (SSSR count). The third kappa shape index (κ3) is 2.49. The van der Waals surface area contributed by atoms with Gasteiger partial charge in [-0.15, -0.1) is 0 Å². The lowest BCUT2D eigenvalue weighted by Crippen LogP contribution is -2.41. The van der Waals surface area contributed by atoms with E-state index in [1.54, 1.807) is 25.3 Å². The van der Waals surface area contributed by atoms with Crippen molar-refractivity contribution in [2.45, 2.75) is 45.3 Å². The highest BCUT2D eigenvalue weighted by molar-refractivity contribution is 6.17. The SMILES string of the molecule is Cc1cc(N2C(=O)C3=C(C(=O)C4CC(C)CCC4O3)C2c2ccccn2)no1. The molecule has 1 fully saturated rings. The number of carbonyl (C=O) groups excluding carboxylic acids is 2. The van der Waals surface area contributed by atoms with Crippen molar-refractivity contribution in [1.82, 2.24) is 10.1 Å². The van der Waals surface area contributed by atoms with Crippen molar-refractivity contribution in [3.05, 3.63) is 53.2 Å². The molecule has 1 saturated carbocycles. The average Bonchev–Trinajstić information content (AvgIpc) is 3.24. The lowest BCUT2D eigenvalue weighted by molar-refractivity contribution is -0.132. The second-order valence-electron chi connectivity index (χ2n) is 7.92. The van der Waals surface area contributed by atoms with E-state index < -0.39 is 6.04 Å². The minimum atomic E-state index is -0.654. The zero-order valence-corrected chi connectivity index (χ0v) is 15.8. The van der Waals surface area contributed by atoms with E-state index >= 15 is 0 Å². The standard InChI is InChI=1S/C21H21N3O4/c1-11-6-7-15-13(9-11)19(25)17-18(14-5-3-4-8-22-14)24(21(26)20(17)27-15)16-10-12(2)28-23-16/h3-5,8,10-11,13,15,18H,6-7,9H2,1-2H3. The van der Waals surface area contributed by atoms with E-state index in [9.17, 15) is 9.59 Å². The average molecular weight is 379 g/mol. The lowest BCUT2D eigenvalue weighted by Gasteiger charge is -2.37. The summed E-state index contributed by atoms with van der Waals surface area (Å²) < 4.78 is 11.3. The topological polar surface area (TPSA) is 85.5 Å². The molecule has 144 valence electrons. The zero-order chi connectivity index (χ0) is 19.4. The molecule has 0 radical (unpaired) electrons. The van der Waals surface area contributed by atoms with Gasteiger partial charge in [0.15, 0.2) is 17.4 Å². The second-order valence-corrected chi connectivity index (χ2v) is 7.92. The minimum Gasteiger partial charge on any atom is -0.483 e. The van der Waals surface area contributed by atoms with E-state index in [-0.39, 0.29) is 29.5 Å². The van der Waals surface area contributed by atoms with Crippen molar-refractivity contribution >= 4 is 17.5 Å². The summed E-state index contributed by atoms with van der Waals surface area (Å²) in [6.07, 6.45) is 4.01. The monoisotopic (exact) mass is 379 g/mol. The molecule has 0 spiro atoms. The number of aryl methyl sites for hydroxylation is 1. The number of hydrogen-bond donors (Lipinski definition) is 0. The highest BCUT2D eigenvalue weighted by Gasteiger charge is 2.54. The van der Waals surface area contributed by atoms with Gasteiger partial charge >= 0.3 is 0 Å². The molecule has 4 atom stereocenters. The molecular weight excluding hydrogens is 358 g/mol. The zero-order valence-electron chi connectivity index (χ0n) is 15.8. The number of aromatic nitrogens is 2. The largest absolute Gasteiger partial charge is 0.483 e. The lowest BCUT2D eigenvalue weighted by atomic mass is 9.74. The first-order valence-electron chi connectivity index (χ1n) is 9.67. The molecule has 0 saturated heterocycles. The molecule has 1 aliphatic carbocycles. The maximum atomic E-state index is 13.5. The summed E-state index contributed by atoms with van der Waals surface area (Å²) >= 11 is 0. The fraction of sp³-hybridized carbons (Fsp3) is 0.429. The van der Waals surface area contributed by atoms with Crippen LogP contribution in [-0.2, 0) is 14.3 Å². The number of amides is 1. The van der Waals surface area contributed by atoms with Crippen molar-refractivity contribution in [1.29, 1.82) is 0 Å². The summed E-state index contributed by atoms with van der Waals surface area (Å²) in [7, 11) is 0.